The highest BCUT2D eigenvalue weighted by atomic mass is 16.6. The fourth-order valence-electron chi connectivity index (χ4n) is 6.60. The zero-order valence-electron chi connectivity index (χ0n) is 31.6. The highest BCUT2D eigenvalue weighted by molar-refractivity contribution is 5.96. The van der Waals surface area contributed by atoms with Gasteiger partial charge in [-0.25, -0.2) is 19.2 Å². The van der Waals surface area contributed by atoms with Gasteiger partial charge in [0.15, 0.2) is 6.04 Å². The van der Waals surface area contributed by atoms with E-state index in [0.29, 0.717) is 32.7 Å². The van der Waals surface area contributed by atoms with Crippen LogP contribution < -0.4 is 9.80 Å². The van der Waals surface area contributed by atoms with Gasteiger partial charge < -0.3 is 29.1 Å². The number of hydrogen-bond donors (Lipinski definition) is 1. The summed E-state index contributed by atoms with van der Waals surface area (Å²) in [4.78, 5) is 56.1. The minimum absolute atomic E-state index is 0.225. The van der Waals surface area contributed by atoms with Crippen LogP contribution in [0, 0.1) is 0 Å². The summed E-state index contributed by atoms with van der Waals surface area (Å²) in [6, 6.07) is 26.6. The van der Waals surface area contributed by atoms with Crippen molar-refractivity contribution in [3.8, 4) is 0 Å². The average molecular weight is 727 g/mol. The van der Waals surface area contributed by atoms with Crippen molar-refractivity contribution < 1.29 is 38.5 Å². The fourth-order valence-corrected chi connectivity index (χ4v) is 6.60. The van der Waals surface area contributed by atoms with E-state index < -0.39 is 47.4 Å². The zero-order chi connectivity index (χ0) is 38.5. The number of hydrogen-bond acceptors (Lipinski definition) is 9. The number of carbonyl (C=O) groups excluding carboxylic acids is 3. The lowest BCUT2D eigenvalue weighted by Crippen LogP contribution is -2.59. The van der Waals surface area contributed by atoms with Gasteiger partial charge in [-0.15, -0.1) is 0 Å². The molecule has 1 N–H and O–H groups in total. The predicted octanol–water partition coefficient (Wildman–Crippen LogP) is 6.79. The smallest absolute Gasteiger partial charge is 0.411 e. The first-order valence-electron chi connectivity index (χ1n) is 17.8. The number of fused-ring (bicyclic) bond motifs is 2. The second-order valence-corrected chi connectivity index (χ2v) is 15.1. The summed E-state index contributed by atoms with van der Waals surface area (Å²) in [5, 5.41) is 14.1. The molecule has 12 heteroatoms. The Morgan fingerprint density at radius 2 is 0.981 bits per heavy atom. The van der Waals surface area contributed by atoms with E-state index in [2.05, 4.69) is 23.1 Å². The molecular formula is C41H50N4O8. The lowest BCUT2D eigenvalue weighted by atomic mass is 10.1. The lowest BCUT2D eigenvalue weighted by molar-refractivity contribution is -0.147. The number of amides is 2. The third kappa shape index (κ3) is 9.48. The van der Waals surface area contributed by atoms with Crippen molar-refractivity contribution in [1.29, 1.82) is 0 Å². The van der Waals surface area contributed by atoms with Crippen LogP contribution in [-0.2, 0) is 23.8 Å². The van der Waals surface area contributed by atoms with Crippen LogP contribution in [0.4, 0.5) is 21.0 Å². The zero-order valence-corrected chi connectivity index (χ0v) is 31.6. The summed E-state index contributed by atoms with van der Waals surface area (Å²) in [5.74, 6) is -1.47. The normalized spacial score (nSPS) is 17.9. The number of ether oxygens (including phenoxy) is 3. The second kappa shape index (κ2) is 16.0. The first-order chi connectivity index (χ1) is 25.1. The number of aliphatic carboxylic acids is 1. The fraction of sp³-hybridized carbons (Fsp3) is 0.415. The summed E-state index contributed by atoms with van der Waals surface area (Å²) >= 11 is 0. The predicted molar refractivity (Wildman–Crippen MR) is 205 cm³/mol. The molecule has 0 aliphatic carbocycles. The minimum atomic E-state index is -1.03. The second-order valence-electron chi connectivity index (χ2n) is 15.1. The Bertz CT molecular complexity index is 1940. The van der Waals surface area contributed by atoms with Gasteiger partial charge in [-0.3, -0.25) is 9.80 Å². The Labute approximate surface area is 310 Å². The molecule has 0 spiro atoms. The molecule has 0 bridgehead atoms. The van der Waals surface area contributed by atoms with E-state index in [1.165, 1.54) is 16.9 Å². The molecule has 2 fully saturated rings. The molecule has 2 heterocycles. The molecular weight excluding hydrogens is 676 g/mol. The average Bonchev–Trinajstić information content (AvgIpc) is 3.12. The molecule has 53 heavy (non-hydrogen) atoms. The Morgan fingerprint density at radius 3 is 1.40 bits per heavy atom. The number of carboxylic acids is 1. The van der Waals surface area contributed by atoms with Crippen LogP contribution in [0.25, 0.3) is 21.5 Å². The van der Waals surface area contributed by atoms with Crippen LogP contribution in [0.3, 0.4) is 0 Å². The van der Waals surface area contributed by atoms with Crippen molar-refractivity contribution in [2.24, 2.45) is 0 Å². The van der Waals surface area contributed by atoms with E-state index in [1.807, 2.05) is 92.4 Å². The molecule has 282 valence electrons. The Hall–Kier alpha value is -5.52. The van der Waals surface area contributed by atoms with Gasteiger partial charge in [0, 0.05) is 61.4 Å². The molecule has 12 nitrogen and oxygen atoms in total. The van der Waals surface area contributed by atoms with Gasteiger partial charge in [0.25, 0.3) is 0 Å². The largest absolute Gasteiger partial charge is 0.480 e. The van der Waals surface area contributed by atoms with Crippen LogP contribution in [0.1, 0.15) is 41.5 Å². The van der Waals surface area contributed by atoms with Gasteiger partial charge in [0.1, 0.15) is 17.2 Å². The van der Waals surface area contributed by atoms with E-state index in [4.69, 9.17) is 14.2 Å². The number of carbonyl (C=O) groups is 4. The van der Waals surface area contributed by atoms with Crippen molar-refractivity contribution in [2.45, 2.75) is 64.8 Å². The summed E-state index contributed by atoms with van der Waals surface area (Å²) in [7, 11) is 1.34. The first kappa shape index (κ1) is 38.7. The van der Waals surface area contributed by atoms with Gasteiger partial charge >= 0.3 is 24.1 Å². The van der Waals surface area contributed by atoms with Gasteiger partial charge in [-0.05, 0) is 64.4 Å². The quantitative estimate of drug-likeness (QED) is 0.177. The number of esters is 1. The first-order valence-corrected chi connectivity index (χ1v) is 17.8. The topological polar surface area (TPSA) is 129 Å². The number of anilines is 2. The number of rotatable bonds is 4. The van der Waals surface area contributed by atoms with Crippen LogP contribution >= 0.6 is 0 Å². The highest BCUT2D eigenvalue weighted by Gasteiger charge is 2.39. The maximum atomic E-state index is 12.6. The van der Waals surface area contributed by atoms with Gasteiger partial charge in [-0.1, -0.05) is 72.8 Å². The molecule has 0 aromatic heterocycles. The van der Waals surface area contributed by atoms with Gasteiger partial charge in [-0.2, -0.15) is 0 Å². The number of nitrogens with zero attached hydrogens (tertiary/aromatic N) is 4. The molecule has 2 saturated heterocycles. The van der Waals surface area contributed by atoms with Crippen molar-refractivity contribution >= 4 is 57.0 Å². The standard InChI is InChI=1S/C21H26N2O4.C20H24N2O4/c1-21(2,3)27-20(25)23-13-12-22(14-18(23)19(24)26-4)17-11-7-9-15-8-5-6-10-16(15)17;1-20(2,3)26-19(25)22-12-11-21(13-17(22)18(23)24)16-10-6-8-14-7-4-5-9-15(14)16/h5-11,18H,12-14H2,1-4H3;4-10,17H,11-13H2,1-3H3,(H,23,24)/t18-;17-/m11/s1. The molecule has 2 atom stereocenters. The molecule has 2 aliphatic heterocycles. The minimum Gasteiger partial charge on any atom is -0.480 e. The van der Waals surface area contributed by atoms with E-state index in [1.54, 1.807) is 20.8 Å². The molecule has 0 unspecified atom stereocenters. The Kier molecular flexibility index (Phi) is 11.7. The highest BCUT2D eigenvalue weighted by Crippen LogP contribution is 2.31. The number of benzene rings is 4. The van der Waals surface area contributed by atoms with E-state index in [-0.39, 0.29) is 6.54 Å². The van der Waals surface area contributed by atoms with Crippen LogP contribution in [-0.4, -0.2) is 109 Å². The Balaban J connectivity index is 0.000000204. The van der Waals surface area contributed by atoms with Crippen molar-refractivity contribution in [3.63, 3.8) is 0 Å². The van der Waals surface area contributed by atoms with Gasteiger partial charge in [0.2, 0.25) is 0 Å². The molecule has 2 aliphatic rings. The molecule has 2 amide bonds. The summed E-state index contributed by atoms with van der Waals surface area (Å²) < 4.78 is 15.8. The number of carboxylic acid groups (broad SMARTS) is 1. The summed E-state index contributed by atoms with van der Waals surface area (Å²) in [6.45, 7) is 13.2. The maximum Gasteiger partial charge on any atom is 0.411 e. The van der Waals surface area contributed by atoms with Gasteiger partial charge in [0.05, 0.1) is 7.11 Å². The molecule has 6 rings (SSSR count). The summed E-state index contributed by atoms with van der Waals surface area (Å²) in [5.41, 5.74) is 0.751. The van der Waals surface area contributed by atoms with Crippen molar-refractivity contribution in [1.82, 2.24) is 9.80 Å². The molecule has 4 aromatic rings. The lowest BCUT2D eigenvalue weighted by Gasteiger charge is -2.41. The van der Waals surface area contributed by atoms with Crippen LogP contribution in [0.5, 0.6) is 0 Å². The van der Waals surface area contributed by atoms with Crippen molar-refractivity contribution in [3.05, 3.63) is 84.9 Å². The van der Waals surface area contributed by atoms with Crippen LogP contribution in [0.2, 0.25) is 0 Å². The van der Waals surface area contributed by atoms with Crippen LogP contribution in [0.15, 0.2) is 84.9 Å². The van der Waals surface area contributed by atoms with Crippen molar-refractivity contribution in [2.75, 3.05) is 56.2 Å². The Morgan fingerprint density at radius 1 is 0.585 bits per heavy atom. The monoisotopic (exact) mass is 726 g/mol. The molecule has 0 saturated carbocycles. The molecule has 0 radical (unpaired) electrons. The summed E-state index contributed by atoms with van der Waals surface area (Å²) in [6.07, 6.45) is -1.07. The molecule has 4 aromatic carbocycles. The van der Waals surface area contributed by atoms with E-state index in [9.17, 15) is 24.3 Å². The maximum absolute atomic E-state index is 12.6. The SMILES string of the molecule is CC(C)(C)OC(=O)N1CCN(c2cccc3ccccc23)C[C@@H]1C(=O)O.COC(=O)[C@H]1CN(c2cccc3ccccc23)CCN1C(=O)OC(C)(C)C. The third-order valence-electron chi connectivity index (χ3n) is 8.99. The number of methoxy groups -OCH3 is 1. The number of piperazine rings is 2. The third-order valence-corrected chi connectivity index (χ3v) is 8.99. The van der Waals surface area contributed by atoms with E-state index >= 15 is 0 Å². The van der Waals surface area contributed by atoms with E-state index in [0.717, 1.165) is 32.9 Å².